The predicted octanol–water partition coefficient (Wildman–Crippen LogP) is 3.77. The van der Waals surface area contributed by atoms with Gasteiger partial charge in [-0.2, -0.15) is 0 Å². The summed E-state index contributed by atoms with van der Waals surface area (Å²) in [5, 5.41) is 3.24. The van der Waals surface area contributed by atoms with Crippen LogP contribution in [0.4, 0.5) is 17.1 Å². The number of anilines is 3. The first kappa shape index (κ1) is 28.2. The van der Waals surface area contributed by atoms with Gasteiger partial charge < -0.3 is 35.5 Å². The molecule has 0 bridgehead atoms. The summed E-state index contributed by atoms with van der Waals surface area (Å²) in [5.74, 6) is -0.297. The number of allylic oxidation sites excluding steroid dienone is 2. The second-order valence-corrected chi connectivity index (χ2v) is 10.3. The number of nitrogens with two attached hydrogens (primary N) is 2. The number of esters is 1. The molecule has 200 valence electrons. The van der Waals surface area contributed by atoms with Gasteiger partial charge in [-0.3, -0.25) is 9.00 Å². The zero-order valence-corrected chi connectivity index (χ0v) is 22.3. The fourth-order valence-corrected chi connectivity index (χ4v) is 4.71. The summed E-state index contributed by atoms with van der Waals surface area (Å²) < 4.78 is 39.0. The maximum Gasteiger partial charge on any atom is 0.306 e. The van der Waals surface area contributed by atoms with Crippen molar-refractivity contribution < 1.29 is 27.8 Å². The van der Waals surface area contributed by atoms with Crippen LogP contribution < -0.4 is 21.5 Å². The zero-order valence-electron chi connectivity index (χ0n) is 21.5. The molecular weight excluding hydrogens is 494 g/mol. The van der Waals surface area contributed by atoms with Crippen molar-refractivity contribution in [2.45, 2.75) is 44.0 Å². The summed E-state index contributed by atoms with van der Waals surface area (Å²) in [6, 6.07) is 9.33. The summed E-state index contributed by atoms with van der Waals surface area (Å²) >= 11 is -2.36. The lowest BCUT2D eigenvalue weighted by molar-refractivity contribution is -0.143. The van der Waals surface area contributed by atoms with Crippen molar-refractivity contribution in [1.82, 2.24) is 0 Å². The van der Waals surface area contributed by atoms with Crippen LogP contribution in [0, 0.1) is 6.92 Å². The van der Waals surface area contributed by atoms with Gasteiger partial charge in [0.15, 0.2) is 0 Å². The molecule has 1 aliphatic rings. The van der Waals surface area contributed by atoms with E-state index >= 15 is 0 Å². The zero-order chi connectivity index (χ0) is 27.2. The van der Waals surface area contributed by atoms with Crippen molar-refractivity contribution in [1.29, 1.82) is 0 Å². The van der Waals surface area contributed by atoms with E-state index in [2.05, 4.69) is 5.32 Å². The van der Waals surface area contributed by atoms with E-state index < -0.39 is 21.9 Å². The molecule has 2 aromatic rings. The molecule has 10 heteroatoms. The van der Waals surface area contributed by atoms with Crippen molar-refractivity contribution in [3.63, 3.8) is 0 Å². The third-order valence-corrected chi connectivity index (χ3v) is 7.52. The lowest BCUT2D eigenvalue weighted by Crippen LogP contribution is -2.44. The Kier molecular flexibility index (Phi) is 9.36. The number of hydrogen-bond donors (Lipinski definition) is 3. The van der Waals surface area contributed by atoms with Crippen LogP contribution in [0.25, 0.3) is 0 Å². The Labute approximate surface area is 220 Å². The summed E-state index contributed by atoms with van der Waals surface area (Å²) in [6.45, 7) is 5.66. The van der Waals surface area contributed by atoms with Crippen molar-refractivity contribution in [2.75, 3.05) is 37.2 Å². The van der Waals surface area contributed by atoms with Gasteiger partial charge in [-0.15, -0.1) is 0 Å². The Morgan fingerprint density at radius 1 is 1.22 bits per heavy atom. The fraction of sp³-hybridized carbons (Fsp3) is 0.370. The van der Waals surface area contributed by atoms with E-state index in [0.717, 1.165) is 22.4 Å². The van der Waals surface area contributed by atoms with Gasteiger partial charge in [-0.25, -0.2) is 0 Å². The molecule has 0 radical (unpaired) electrons. The molecule has 3 rings (SSSR count). The standard InChI is InChI=1S/C27H35N3O6S/c1-5-35-25(31)15-20(19-12-21(28)26(29)23(14-19)34-4)18-10-9-17(2)22(13-18)30-16-36-24-8-6-7-11-27(24,3)37(32)33/h6-14,20,24,30H,5,15-16,28-29H2,1-4H3,(H,32,33)/p-1. The second-order valence-electron chi connectivity index (χ2n) is 8.93. The van der Waals surface area contributed by atoms with Crippen molar-refractivity contribution in [3.05, 3.63) is 71.3 Å². The van der Waals surface area contributed by atoms with Gasteiger partial charge in [0.05, 0.1) is 42.4 Å². The van der Waals surface area contributed by atoms with E-state index in [4.69, 9.17) is 25.7 Å². The highest BCUT2D eigenvalue weighted by molar-refractivity contribution is 7.80. The van der Waals surface area contributed by atoms with Crippen molar-refractivity contribution in [2.24, 2.45) is 0 Å². The fourth-order valence-electron chi connectivity index (χ4n) is 4.18. The van der Waals surface area contributed by atoms with Crippen LogP contribution in [0.3, 0.4) is 0 Å². The van der Waals surface area contributed by atoms with Gasteiger partial charge in [0.1, 0.15) is 12.5 Å². The third-order valence-electron chi connectivity index (χ3n) is 6.43. The molecule has 5 N–H and O–H groups in total. The molecule has 0 fully saturated rings. The van der Waals surface area contributed by atoms with E-state index in [1.54, 1.807) is 50.3 Å². The van der Waals surface area contributed by atoms with Crippen LogP contribution in [0.15, 0.2) is 54.6 Å². The van der Waals surface area contributed by atoms with E-state index in [0.29, 0.717) is 17.1 Å². The minimum absolute atomic E-state index is 0.0745. The third kappa shape index (κ3) is 6.51. The molecule has 0 aliphatic heterocycles. The summed E-state index contributed by atoms with van der Waals surface area (Å²) in [6.07, 6.45) is 6.23. The Hall–Kier alpha value is -3.34. The Morgan fingerprint density at radius 2 is 1.97 bits per heavy atom. The van der Waals surface area contributed by atoms with Crippen LogP contribution >= 0.6 is 0 Å². The maximum absolute atomic E-state index is 12.5. The van der Waals surface area contributed by atoms with Gasteiger partial charge in [0.2, 0.25) is 0 Å². The number of nitrogens with one attached hydrogen (secondary N) is 1. The molecule has 9 nitrogen and oxygen atoms in total. The highest BCUT2D eigenvalue weighted by Crippen LogP contribution is 2.38. The van der Waals surface area contributed by atoms with E-state index in [9.17, 15) is 13.6 Å². The molecule has 2 aromatic carbocycles. The SMILES string of the molecule is CCOC(=O)CC(c1ccc(C)c(NCOC2C=CC=CC2(C)S(=O)[O-])c1)c1cc(N)c(N)c(OC)c1. The molecule has 1 aliphatic carbocycles. The molecule has 0 aromatic heterocycles. The van der Waals surface area contributed by atoms with Crippen LogP contribution in [-0.4, -0.2) is 46.0 Å². The lowest BCUT2D eigenvalue weighted by atomic mass is 9.87. The average Bonchev–Trinajstić information content (AvgIpc) is 2.86. The van der Waals surface area contributed by atoms with Gasteiger partial charge >= 0.3 is 5.97 Å². The largest absolute Gasteiger partial charge is 0.772 e. The first-order chi connectivity index (χ1) is 17.6. The van der Waals surface area contributed by atoms with Crippen LogP contribution in [0.1, 0.15) is 42.9 Å². The number of carbonyl (C=O) groups excluding carboxylic acids is 1. The Balaban J connectivity index is 1.88. The van der Waals surface area contributed by atoms with Gasteiger partial charge in [-0.05, 0) is 66.7 Å². The highest BCUT2D eigenvalue weighted by atomic mass is 32.2. The summed E-state index contributed by atoms with van der Waals surface area (Å²) in [7, 11) is 1.51. The summed E-state index contributed by atoms with van der Waals surface area (Å²) in [4.78, 5) is 12.5. The summed E-state index contributed by atoms with van der Waals surface area (Å²) in [5.41, 5.74) is 16.2. The smallest absolute Gasteiger partial charge is 0.306 e. The molecule has 37 heavy (non-hydrogen) atoms. The molecule has 4 unspecified atom stereocenters. The Morgan fingerprint density at radius 3 is 2.65 bits per heavy atom. The minimum atomic E-state index is -2.36. The molecule has 0 spiro atoms. The predicted molar refractivity (Wildman–Crippen MR) is 145 cm³/mol. The van der Waals surface area contributed by atoms with Crippen LogP contribution in [-0.2, 0) is 25.3 Å². The number of rotatable bonds is 11. The van der Waals surface area contributed by atoms with E-state index in [1.807, 2.05) is 25.1 Å². The van der Waals surface area contributed by atoms with E-state index in [1.165, 1.54) is 7.11 Å². The van der Waals surface area contributed by atoms with Crippen molar-refractivity contribution in [3.8, 4) is 5.75 Å². The molecule has 4 atom stereocenters. The average molecular weight is 529 g/mol. The molecule has 0 saturated carbocycles. The number of carbonyl (C=O) groups is 1. The number of hydrogen-bond acceptors (Lipinski definition) is 9. The van der Waals surface area contributed by atoms with Crippen LogP contribution in [0.2, 0.25) is 0 Å². The number of aryl methyl sites for hydroxylation is 1. The van der Waals surface area contributed by atoms with Gasteiger partial charge in [0, 0.05) is 11.6 Å². The quantitative estimate of drug-likeness (QED) is 0.171. The topological polar surface area (TPSA) is 149 Å². The van der Waals surface area contributed by atoms with Crippen molar-refractivity contribution >= 4 is 34.1 Å². The van der Waals surface area contributed by atoms with Crippen LogP contribution in [0.5, 0.6) is 5.75 Å². The monoisotopic (exact) mass is 528 g/mol. The van der Waals surface area contributed by atoms with E-state index in [-0.39, 0.29) is 31.6 Å². The molecule has 0 heterocycles. The minimum Gasteiger partial charge on any atom is -0.772 e. The number of benzene rings is 2. The molecular formula is C27H34N3O6S-. The maximum atomic E-state index is 12.5. The Bertz CT molecular complexity index is 1210. The first-order valence-corrected chi connectivity index (χ1v) is 13.0. The normalized spacial score (nSPS) is 20.3. The second kappa shape index (κ2) is 12.3. The molecule has 0 amide bonds. The first-order valence-electron chi connectivity index (χ1n) is 11.9. The van der Waals surface area contributed by atoms with Gasteiger partial charge in [-0.1, -0.05) is 36.4 Å². The number of ether oxygens (including phenoxy) is 3. The lowest BCUT2D eigenvalue weighted by Gasteiger charge is -2.36. The molecule has 0 saturated heterocycles. The number of methoxy groups -OCH3 is 1. The highest BCUT2D eigenvalue weighted by Gasteiger charge is 2.34. The number of nitrogen functional groups attached to an aromatic ring is 2. The van der Waals surface area contributed by atoms with Gasteiger partial charge in [0.25, 0.3) is 0 Å².